The van der Waals surface area contributed by atoms with Crippen molar-refractivity contribution >= 4 is 58.6 Å². The van der Waals surface area contributed by atoms with Crippen molar-refractivity contribution in [2.45, 2.75) is 6.42 Å². The van der Waals surface area contributed by atoms with Crippen molar-refractivity contribution in [2.24, 2.45) is 0 Å². The Kier molecular flexibility index (Phi) is 4.11. The van der Waals surface area contributed by atoms with Crippen molar-refractivity contribution in [3.63, 3.8) is 0 Å². The molecule has 0 spiro atoms. The topological polar surface area (TPSA) is 0 Å². The van der Waals surface area contributed by atoms with Gasteiger partial charge in [-0.15, -0.1) is 11.3 Å². The molecule has 0 amide bonds. The fraction of sp³-hybridized carbons (Fsp3) is 0.0400. The molecule has 3 aromatic carbocycles. The Labute approximate surface area is 171 Å². The van der Waals surface area contributed by atoms with Crippen molar-refractivity contribution < 1.29 is 0 Å². The minimum atomic E-state index is 0.994. The van der Waals surface area contributed by atoms with Crippen LogP contribution in [0, 0.1) is 0 Å². The highest BCUT2D eigenvalue weighted by molar-refractivity contribution is 9.10. The molecule has 27 heavy (non-hydrogen) atoms. The Morgan fingerprint density at radius 3 is 2.74 bits per heavy atom. The van der Waals surface area contributed by atoms with Crippen molar-refractivity contribution in [3.8, 4) is 0 Å². The van der Waals surface area contributed by atoms with Gasteiger partial charge in [0.25, 0.3) is 0 Å². The molecule has 0 N–H and O–H groups in total. The molecule has 0 saturated heterocycles. The van der Waals surface area contributed by atoms with Gasteiger partial charge in [-0.05, 0) is 64.6 Å². The third kappa shape index (κ3) is 2.99. The Morgan fingerprint density at radius 2 is 1.81 bits per heavy atom. The Balaban J connectivity index is 1.46. The quantitative estimate of drug-likeness (QED) is 0.289. The van der Waals surface area contributed by atoms with Crippen LogP contribution in [0.1, 0.15) is 16.7 Å². The first-order valence-corrected chi connectivity index (χ1v) is 10.6. The summed E-state index contributed by atoms with van der Waals surface area (Å²) in [5.41, 5.74) is 6.19. The van der Waals surface area contributed by atoms with E-state index in [2.05, 4.69) is 101 Å². The molecule has 0 radical (unpaired) electrons. The van der Waals surface area contributed by atoms with E-state index < -0.39 is 0 Å². The average molecular weight is 429 g/mol. The molecule has 0 atom stereocenters. The molecule has 1 aliphatic rings. The number of thiophene rings is 1. The molecule has 0 fully saturated rings. The SMILES string of the molecule is C=C(/C=C\C1=CCc2cc(Br)ccc21)c1ccc2sc3ccccc3c2c1. The average Bonchev–Trinajstić information content (AvgIpc) is 3.26. The van der Waals surface area contributed by atoms with Crippen LogP contribution in [-0.4, -0.2) is 0 Å². The second kappa shape index (κ2) is 6.63. The van der Waals surface area contributed by atoms with E-state index in [-0.39, 0.29) is 0 Å². The molecule has 1 heterocycles. The lowest BCUT2D eigenvalue weighted by molar-refractivity contribution is 1.30. The Bertz CT molecular complexity index is 1270. The molecule has 1 aliphatic carbocycles. The fourth-order valence-electron chi connectivity index (χ4n) is 3.71. The maximum Gasteiger partial charge on any atom is 0.0355 e. The zero-order valence-electron chi connectivity index (χ0n) is 14.7. The van der Waals surface area contributed by atoms with Crippen LogP contribution in [0.15, 0.2) is 89.9 Å². The van der Waals surface area contributed by atoms with Gasteiger partial charge in [0.05, 0.1) is 0 Å². The van der Waals surface area contributed by atoms with Gasteiger partial charge in [-0.1, -0.05) is 71.1 Å². The van der Waals surface area contributed by atoms with E-state index in [1.807, 2.05) is 11.3 Å². The van der Waals surface area contributed by atoms with Crippen LogP contribution in [-0.2, 0) is 6.42 Å². The second-order valence-corrected chi connectivity index (χ2v) is 8.83. The molecule has 0 aliphatic heterocycles. The largest absolute Gasteiger partial charge is 0.135 e. The van der Waals surface area contributed by atoms with Crippen molar-refractivity contribution in [1.29, 1.82) is 0 Å². The third-order valence-electron chi connectivity index (χ3n) is 5.13. The molecule has 0 saturated carbocycles. The molecule has 0 nitrogen and oxygen atoms in total. The number of halogens is 1. The van der Waals surface area contributed by atoms with Crippen LogP contribution in [0.25, 0.3) is 31.3 Å². The van der Waals surface area contributed by atoms with Crippen LogP contribution in [0.5, 0.6) is 0 Å². The third-order valence-corrected chi connectivity index (χ3v) is 6.78. The van der Waals surface area contributed by atoms with E-state index in [9.17, 15) is 0 Å². The van der Waals surface area contributed by atoms with Gasteiger partial charge >= 0.3 is 0 Å². The predicted octanol–water partition coefficient (Wildman–Crippen LogP) is 8.03. The van der Waals surface area contributed by atoms with Gasteiger partial charge in [-0.25, -0.2) is 0 Å². The summed E-state index contributed by atoms with van der Waals surface area (Å²) in [6.07, 6.45) is 7.61. The smallest absolute Gasteiger partial charge is 0.0355 e. The summed E-state index contributed by atoms with van der Waals surface area (Å²) in [6, 6.07) is 21.8. The summed E-state index contributed by atoms with van der Waals surface area (Å²) in [5.74, 6) is 0. The maximum absolute atomic E-state index is 4.31. The summed E-state index contributed by atoms with van der Waals surface area (Å²) < 4.78 is 3.81. The van der Waals surface area contributed by atoms with Crippen LogP contribution >= 0.6 is 27.3 Å². The molecule has 0 unspecified atom stereocenters. The summed E-state index contributed by atoms with van der Waals surface area (Å²) in [7, 11) is 0. The Morgan fingerprint density at radius 1 is 0.963 bits per heavy atom. The lowest BCUT2D eigenvalue weighted by atomic mass is 10.0. The standard InChI is InChI=1S/C25H17BrS/c1-16(6-7-17-8-9-19-14-20(26)11-12-21(17)19)18-10-13-25-23(15-18)22-4-2-3-5-24(22)27-25/h2-8,10-15H,1,9H2/b7-6-. The van der Waals surface area contributed by atoms with E-state index in [1.165, 1.54) is 42.4 Å². The normalized spacial score (nSPS) is 13.4. The summed E-state index contributed by atoms with van der Waals surface area (Å²) in [6.45, 7) is 4.31. The molecule has 4 aromatic rings. The number of hydrogen-bond donors (Lipinski definition) is 0. The molecule has 130 valence electrons. The summed E-state index contributed by atoms with van der Waals surface area (Å²) >= 11 is 5.41. The van der Waals surface area contributed by atoms with Gasteiger partial charge in [0.1, 0.15) is 0 Å². The summed E-state index contributed by atoms with van der Waals surface area (Å²) in [4.78, 5) is 0. The van der Waals surface area contributed by atoms with E-state index >= 15 is 0 Å². The first-order valence-electron chi connectivity index (χ1n) is 8.97. The highest BCUT2D eigenvalue weighted by Gasteiger charge is 2.12. The van der Waals surface area contributed by atoms with E-state index in [0.717, 1.165) is 16.5 Å². The van der Waals surface area contributed by atoms with Crippen LogP contribution in [0.4, 0.5) is 0 Å². The van der Waals surface area contributed by atoms with E-state index in [4.69, 9.17) is 0 Å². The molecule has 5 rings (SSSR count). The van der Waals surface area contributed by atoms with Gasteiger partial charge < -0.3 is 0 Å². The van der Waals surface area contributed by atoms with Crippen molar-refractivity contribution in [1.82, 2.24) is 0 Å². The number of rotatable bonds is 3. The Hall–Kier alpha value is -2.42. The minimum Gasteiger partial charge on any atom is -0.135 e. The van der Waals surface area contributed by atoms with Gasteiger partial charge in [0, 0.05) is 24.6 Å². The van der Waals surface area contributed by atoms with Gasteiger partial charge in [-0.3, -0.25) is 0 Å². The molecule has 0 bridgehead atoms. The lowest BCUT2D eigenvalue weighted by Gasteiger charge is -2.04. The minimum absolute atomic E-state index is 0.994. The van der Waals surface area contributed by atoms with Crippen LogP contribution in [0.2, 0.25) is 0 Å². The monoisotopic (exact) mass is 428 g/mol. The zero-order chi connectivity index (χ0) is 18.4. The number of hydrogen-bond acceptors (Lipinski definition) is 1. The molecular weight excluding hydrogens is 412 g/mol. The van der Waals surface area contributed by atoms with Crippen LogP contribution in [0.3, 0.4) is 0 Å². The molecule has 2 heteroatoms. The molecule has 1 aromatic heterocycles. The maximum atomic E-state index is 4.31. The highest BCUT2D eigenvalue weighted by Crippen LogP contribution is 2.36. The highest BCUT2D eigenvalue weighted by atomic mass is 79.9. The second-order valence-electron chi connectivity index (χ2n) is 6.83. The zero-order valence-corrected chi connectivity index (χ0v) is 17.1. The molecular formula is C25H17BrS. The van der Waals surface area contributed by atoms with Crippen molar-refractivity contribution in [2.75, 3.05) is 0 Å². The van der Waals surface area contributed by atoms with Gasteiger partial charge in [0.2, 0.25) is 0 Å². The first kappa shape index (κ1) is 16.7. The fourth-order valence-corrected chi connectivity index (χ4v) is 5.21. The first-order chi connectivity index (χ1) is 13.2. The van der Waals surface area contributed by atoms with E-state index in [0.29, 0.717) is 0 Å². The lowest BCUT2D eigenvalue weighted by Crippen LogP contribution is -1.83. The van der Waals surface area contributed by atoms with Gasteiger partial charge in [0.15, 0.2) is 0 Å². The number of allylic oxidation sites excluding steroid dienone is 5. The van der Waals surface area contributed by atoms with Crippen LogP contribution < -0.4 is 0 Å². The van der Waals surface area contributed by atoms with Crippen molar-refractivity contribution in [3.05, 3.63) is 107 Å². The number of benzene rings is 3. The van der Waals surface area contributed by atoms with E-state index in [1.54, 1.807) is 0 Å². The van der Waals surface area contributed by atoms with Gasteiger partial charge in [-0.2, -0.15) is 0 Å². The summed E-state index contributed by atoms with van der Waals surface area (Å²) in [5, 5.41) is 2.65. The number of fused-ring (bicyclic) bond motifs is 4. The predicted molar refractivity (Wildman–Crippen MR) is 123 cm³/mol.